The first-order valence-corrected chi connectivity index (χ1v) is 6.73. The highest BCUT2D eigenvalue weighted by atomic mass is 16.5. The first-order chi connectivity index (χ1) is 7.79. The largest absolute Gasteiger partial charge is 0.381 e. The van der Waals surface area contributed by atoms with E-state index in [4.69, 9.17) is 15.2 Å². The molecule has 94 valence electrons. The lowest BCUT2D eigenvalue weighted by atomic mass is 9.83. The molecule has 2 fully saturated rings. The topological polar surface area (TPSA) is 44.5 Å². The fourth-order valence-electron chi connectivity index (χ4n) is 2.74. The molecule has 0 bridgehead atoms. The second-order valence-electron chi connectivity index (χ2n) is 5.49. The van der Waals surface area contributed by atoms with Crippen LogP contribution in [0.25, 0.3) is 0 Å². The summed E-state index contributed by atoms with van der Waals surface area (Å²) in [5, 5.41) is 0. The zero-order valence-electron chi connectivity index (χ0n) is 10.2. The third-order valence-electron chi connectivity index (χ3n) is 3.93. The zero-order valence-corrected chi connectivity index (χ0v) is 10.2. The molecular formula is C13H25NO2. The van der Waals surface area contributed by atoms with Crippen molar-refractivity contribution in [3.05, 3.63) is 0 Å². The molecule has 2 N–H and O–H groups in total. The summed E-state index contributed by atoms with van der Waals surface area (Å²) in [5.41, 5.74) is 6.30. The number of hydrogen-bond acceptors (Lipinski definition) is 3. The molecule has 1 aliphatic carbocycles. The van der Waals surface area contributed by atoms with Crippen LogP contribution >= 0.6 is 0 Å². The van der Waals surface area contributed by atoms with Crippen LogP contribution in [0, 0.1) is 5.92 Å². The van der Waals surface area contributed by atoms with E-state index in [9.17, 15) is 0 Å². The Bertz CT molecular complexity index is 196. The van der Waals surface area contributed by atoms with Gasteiger partial charge >= 0.3 is 0 Å². The van der Waals surface area contributed by atoms with Crippen molar-refractivity contribution in [2.75, 3.05) is 26.4 Å². The van der Waals surface area contributed by atoms with E-state index in [0.29, 0.717) is 5.92 Å². The van der Waals surface area contributed by atoms with Gasteiger partial charge in [0, 0.05) is 25.4 Å². The van der Waals surface area contributed by atoms with Gasteiger partial charge in [0.05, 0.1) is 6.61 Å². The van der Waals surface area contributed by atoms with E-state index in [1.54, 1.807) is 0 Å². The molecule has 3 nitrogen and oxygen atoms in total. The molecule has 2 rings (SSSR count). The fourth-order valence-corrected chi connectivity index (χ4v) is 2.74. The van der Waals surface area contributed by atoms with Gasteiger partial charge in [0.15, 0.2) is 0 Å². The van der Waals surface area contributed by atoms with E-state index in [1.807, 2.05) is 0 Å². The molecule has 0 aromatic heterocycles. The third kappa shape index (κ3) is 3.72. The quantitative estimate of drug-likeness (QED) is 0.800. The van der Waals surface area contributed by atoms with Gasteiger partial charge in [0.1, 0.15) is 0 Å². The van der Waals surface area contributed by atoms with E-state index >= 15 is 0 Å². The van der Waals surface area contributed by atoms with Crippen molar-refractivity contribution in [2.24, 2.45) is 11.7 Å². The van der Waals surface area contributed by atoms with Crippen molar-refractivity contribution in [3.8, 4) is 0 Å². The van der Waals surface area contributed by atoms with Crippen LogP contribution in [0.5, 0.6) is 0 Å². The minimum Gasteiger partial charge on any atom is -0.381 e. The first-order valence-electron chi connectivity index (χ1n) is 6.73. The Hall–Kier alpha value is -0.120. The maximum atomic E-state index is 6.32. The molecule has 0 spiro atoms. The molecule has 2 aliphatic rings. The van der Waals surface area contributed by atoms with Crippen molar-refractivity contribution >= 4 is 0 Å². The van der Waals surface area contributed by atoms with Gasteiger partial charge in [-0.05, 0) is 31.6 Å². The molecule has 1 aliphatic heterocycles. The van der Waals surface area contributed by atoms with Crippen LogP contribution in [-0.2, 0) is 9.47 Å². The Morgan fingerprint density at radius 3 is 2.50 bits per heavy atom. The number of ether oxygens (including phenoxy) is 2. The standard InChI is InChI=1S/C13H25NO2/c14-13(6-2-1-3-7-13)11-16-10-12-4-8-15-9-5-12/h12H,1-11,14H2. The lowest BCUT2D eigenvalue weighted by Gasteiger charge is -2.33. The van der Waals surface area contributed by atoms with E-state index in [-0.39, 0.29) is 5.54 Å². The van der Waals surface area contributed by atoms with Crippen LogP contribution in [0.1, 0.15) is 44.9 Å². The highest BCUT2D eigenvalue weighted by molar-refractivity contribution is 4.87. The Morgan fingerprint density at radius 2 is 1.81 bits per heavy atom. The Labute approximate surface area is 98.7 Å². The molecule has 1 saturated carbocycles. The van der Waals surface area contributed by atoms with Gasteiger partial charge in [-0.2, -0.15) is 0 Å². The summed E-state index contributed by atoms with van der Waals surface area (Å²) < 4.78 is 11.2. The highest BCUT2D eigenvalue weighted by Gasteiger charge is 2.28. The van der Waals surface area contributed by atoms with Crippen molar-refractivity contribution in [2.45, 2.75) is 50.5 Å². The minimum absolute atomic E-state index is 0.0244. The lowest BCUT2D eigenvalue weighted by Crippen LogP contribution is -2.46. The highest BCUT2D eigenvalue weighted by Crippen LogP contribution is 2.26. The van der Waals surface area contributed by atoms with Gasteiger partial charge in [0.25, 0.3) is 0 Å². The Morgan fingerprint density at radius 1 is 1.12 bits per heavy atom. The van der Waals surface area contributed by atoms with Gasteiger partial charge in [-0.15, -0.1) is 0 Å². The molecule has 1 saturated heterocycles. The van der Waals surface area contributed by atoms with E-state index in [2.05, 4.69) is 0 Å². The van der Waals surface area contributed by atoms with Gasteiger partial charge < -0.3 is 15.2 Å². The number of hydrogen-bond donors (Lipinski definition) is 1. The average Bonchev–Trinajstić information content (AvgIpc) is 2.31. The second-order valence-corrected chi connectivity index (χ2v) is 5.49. The van der Waals surface area contributed by atoms with Crippen LogP contribution in [0.4, 0.5) is 0 Å². The lowest BCUT2D eigenvalue weighted by molar-refractivity contribution is 0.00214. The van der Waals surface area contributed by atoms with E-state index in [1.165, 1.54) is 19.3 Å². The summed E-state index contributed by atoms with van der Waals surface area (Å²) >= 11 is 0. The van der Waals surface area contributed by atoms with Crippen molar-refractivity contribution in [1.82, 2.24) is 0 Å². The predicted molar refractivity (Wildman–Crippen MR) is 64.4 cm³/mol. The Kier molecular flexibility index (Phi) is 4.62. The summed E-state index contributed by atoms with van der Waals surface area (Å²) in [6, 6.07) is 0. The smallest absolute Gasteiger partial charge is 0.0646 e. The van der Waals surface area contributed by atoms with Crippen LogP contribution in [0.2, 0.25) is 0 Å². The molecule has 0 atom stereocenters. The van der Waals surface area contributed by atoms with Gasteiger partial charge in [-0.25, -0.2) is 0 Å². The monoisotopic (exact) mass is 227 g/mol. The van der Waals surface area contributed by atoms with E-state index < -0.39 is 0 Å². The third-order valence-corrected chi connectivity index (χ3v) is 3.93. The molecule has 16 heavy (non-hydrogen) atoms. The summed E-state index contributed by atoms with van der Waals surface area (Å²) in [7, 11) is 0. The molecule has 0 aromatic carbocycles. The maximum absolute atomic E-state index is 6.32. The normalized spacial score (nSPS) is 26.8. The Balaban J connectivity index is 1.62. The van der Waals surface area contributed by atoms with Gasteiger partial charge in [-0.3, -0.25) is 0 Å². The molecule has 0 aromatic rings. The SMILES string of the molecule is NC1(COCC2CCOCC2)CCCCC1. The summed E-state index contributed by atoms with van der Waals surface area (Å²) in [6.07, 6.45) is 8.48. The molecule has 0 unspecified atom stereocenters. The van der Waals surface area contributed by atoms with Crippen LogP contribution in [0.15, 0.2) is 0 Å². The minimum atomic E-state index is -0.0244. The number of rotatable bonds is 4. The fraction of sp³-hybridized carbons (Fsp3) is 1.00. The predicted octanol–water partition coefficient (Wildman–Crippen LogP) is 2.09. The first kappa shape index (κ1) is 12.3. The summed E-state index contributed by atoms with van der Waals surface area (Å²) in [4.78, 5) is 0. The van der Waals surface area contributed by atoms with Gasteiger partial charge in [-0.1, -0.05) is 19.3 Å². The molecule has 3 heteroatoms. The average molecular weight is 227 g/mol. The van der Waals surface area contributed by atoms with E-state index in [0.717, 1.165) is 52.1 Å². The van der Waals surface area contributed by atoms with Crippen molar-refractivity contribution < 1.29 is 9.47 Å². The zero-order chi connectivity index (χ0) is 11.3. The van der Waals surface area contributed by atoms with Crippen LogP contribution in [-0.4, -0.2) is 32.0 Å². The molecule has 1 heterocycles. The summed E-state index contributed by atoms with van der Waals surface area (Å²) in [6.45, 7) is 3.44. The van der Waals surface area contributed by atoms with Crippen molar-refractivity contribution in [3.63, 3.8) is 0 Å². The maximum Gasteiger partial charge on any atom is 0.0646 e. The molecule has 0 amide bonds. The van der Waals surface area contributed by atoms with Crippen LogP contribution < -0.4 is 5.73 Å². The van der Waals surface area contributed by atoms with Gasteiger partial charge in [0.2, 0.25) is 0 Å². The second kappa shape index (κ2) is 5.99. The molecule has 0 radical (unpaired) electrons. The molecular weight excluding hydrogens is 202 g/mol. The van der Waals surface area contributed by atoms with Crippen LogP contribution in [0.3, 0.4) is 0 Å². The van der Waals surface area contributed by atoms with Crippen molar-refractivity contribution in [1.29, 1.82) is 0 Å². The number of nitrogens with two attached hydrogens (primary N) is 1. The summed E-state index contributed by atoms with van der Waals surface area (Å²) in [5.74, 6) is 0.695.